The van der Waals surface area contributed by atoms with Gasteiger partial charge in [0.1, 0.15) is 0 Å². The van der Waals surface area contributed by atoms with Gasteiger partial charge < -0.3 is 5.32 Å². The second-order valence-corrected chi connectivity index (χ2v) is 6.58. The summed E-state index contributed by atoms with van der Waals surface area (Å²) in [6.07, 6.45) is 2.36. The Kier molecular flexibility index (Phi) is 5.40. The smallest absolute Gasteiger partial charge is 0.0322 e. The molecule has 102 valence electrons. The summed E-state index contributed by atoms with van der Waals surface area (Å²) >= 11 is 0. The van der Waals surface area contributed by atoms with Crippen LogP contribution in [0.25, 0.3) is 0 Å². The van der Waals surface area contributed by atoms with Crippen molar-refractivity contribution in [1.29, 1.82) is 0 Å². The lowest BCUT2D eigenvalue weighted by molar-refractivity contribution is 0.321. The summed E-state index contributed by atoms with van der Waals surface area (Å²) in [5.74, 6) is 0.662. The van der Waals surface area contributed by atoms with Gasteiger partial charge in [-0.15, -0.1) is 0 Å². The van der Waals surface area contributed by atoms with E-state index in [9.17, 15) is 0 Å². The Labute approximate surface area is 113 Å². The molecule has 2 atom stereocenters. The molecule has 0 saturated heterocycles. The highest BCUT2D eigenvalue weighted by molar-refractivity contribution is 5.27. The van der Waals surface area contributed by atoms with Crippen LogP contribution >= 0.6 is 0 Å². The highest BCUT2D eigenvalue weighted by atomic mass is 14.9. The van der Waals surface area contributed by atoms with Crippen LogP contribution in [0.3, 0.4) is 0 Å². The number of hydrogen-bond acceptors (Lipinski definition) is 1. The van der Waals surface area contributed by atoms with Crippen LogP contribution in [0.15, 0.2) is 24.3 Å². The Morgan fingerprint density at radius 1 is 1.06 bits per heavy atom. The third-order valence-electron chi connectivity index (χ3n) is 3.69. The molecule has 0 aliphatic carbocycles. The number of benzene rings is 1. The zero-order valence-corrected chi connectivity index (χ0v) is 12.9. The molecule has 1 nitrogen and oxygen atoms in total. The summed E-state index contributed by atoms with van der Waals surface area (Å²) < 4.78 is 0. The monoisotopic (exact) mass is 247 g/mol. The maximum Gasteiger partial charge on any atom is 0.0322 e. The number of nitrogens with one attached hydrogen (secondary N) is 1. The van der Waals surface area contributed by atoms with Gasteiger partial charge in [0.2, 0.25) is 0 Å². The Bertz CT molecular complexity index is 345. The van der Waals surface area contributed by atoms with Crippen molar-refractivity contribution in [3.8, 4) is 0 Å². The fourth-order valence-electron chi connectivity index (χ4n) is 2.29. The fourth-order valence-corrected chi connectivity index (χ4v) is 2.29. The van der Waals surface area contributed by atoms with Crippen LogP contribution in [0.4, 0.5) is 0 Å². The zero-order chi connectivity index (χ0) is 13.8. The highest BCUT2D eigenvalue weighted by Gasteiger charge is 2.18. The largest absolute Gasteiger partial charge is 0.313 e. The van der Waals surface area contributed by atoms with E-state index in [-0.39, 0.29) is 0 Å². The molecule has 0 spiro atoms. The van der Waals surface area contributed by atoms with E-state index in [4.69, 9.17) is 0 Å². The molecular weight excluding hydrogens is 218 g/mol. The van der Waals surface area contributed by atoms with Crippen LogP contribution in [0.1, 0.15) is 70.5 Å². The van der Waals surface area contributed by atoms with Crippen molar-refractivity contribution < 1.29 is 0 Å². The van der Waals surface area contributed by atoms with E-state index in [2.05, 4.69) is 71.2 Å². The van der Waals surface area contributed by atoms with Crippen molar-refractivity contribution in [2.24, 2.45) is 5.41 Å². The van der Waals surface area contributed by atoms with Gasteiger partial charge in [0.25, 0.3) is 0 Å². The van der Waals surface area contributed by atoms with Crippen molar-refractivity contribution in [2.45, 2.75) is 59.4 Å². The minimum atomic E-state index is 0.350. The topological polar surface area (TPSA) is 12.0 Å². The zero-order valence-electron chi connectivity index (χ0n) is 12.9. The first kappa shape index (κ1) is 15.2. The van der Waals surface area contributed by atoms with Crippen LogP contribution in [0, 0.1) is 5.41 Å². The Morgan fingerprint density at radius 3 is 1.94 bits per heavy atom. The van der Waals surface area contributed by atoms with Gasteiger partial charge in [-0.3, -0.25) is 0 Å². The molecule has 0 amide bonds. The Hall–Kier alpha value is -0.820. The molecule has 0 bridgehead atoms. The minimum Gasteiger partial charge on any atom is -0.313 e. The van der Waals surface area contributed by atoms with Crippen LogP contribution in [0.5, 0.6) is 0 Å². The lowest BCUT2D eigenvalue weighted by Gasteiger charge is -2.26. The second-order valence-electron chi connectivity index (χ2n) is 6.58. The summed E-state index contributed by atoms with van der Waals surface area (Å²) in [4.78, 5) is 0. The molecule has 1 N–H and O–H groups in total. The first-order valence-electron chi connectivity index (χ1n) is 7.14. The van der Waals surface area contributed by atoms with Gasteiger partial charge >= 0.3 is 0 Å². The molecule has 0 aliphatic heterocycles. The molecule has 1 heteroatoms. The van der Waals surface area contributed by atoms with Gasteiger partial charge in [-0.1, -0.05) is 58.9 Å². The van der Waals surface area contributed by atoms with Crippen molar-refractivity contribution >= 4 is 0 Å². The standard InChI is InChI=1S/C17H29N/c1-7-13(2)14-8-10-15(11-9-14)16(18-6)12-17(3,4)5/h8-11,13,16,18H,7,12H2,1-6H3. The first-order valence-corrected chi connectivity index (χ1v) is 7.14. The Morgan fingerprint density at radius 2 is 1.56 bits per heavy atom. The summed E-state index contributed by atoms with van der Waals surface area (Å²) in [5.41, 5.74) is 3.20. The predicted octanol–water partition coefficient (Wildman–Crippen LogP) is 4.90. The van der Waals surface area contributed by atoms with Crippen molar-refractivity contribution in [1.82, 2.24) is 5.32 Å². The summed E-state index contributed by atoms with van der Waals surface area (Å²) in [6, 6.07) is 9.60. The van der Waals surface area contributed by atoms with E-state index < -0.39 is 0 Å². The third-order valence-corrected chi connectivity index (χ3v) is 3.69. The van der Waals surface area contributed by atoms with Crippen molar-refractivity contribution in [3.63, 3.8) is 0 Å². The molecule has 0 heterocycles. The maximum atomic E-state index is 3.44. The lowest BCUT2D eigenvalue weighted by Crippen LogP contribution is -2.22. The van der Waals surface area contributed by atoms with Gasteiger partial charge in [0.15, 0.2) is 0 Å². The average molecular weight is 247 g/mol. The fraction of sp³-hybridized carbons (Fsp3) is 0.647. The van der Waals surface area contributed by atoms with Crippen molar-refractivity contribution in [2.75, 3.05) is 7.05 Å². The van der Waals surface area contributed by atoms with E-state index in [1.807, 2.05) is 0 Å². The summed E-state index contributed by atoms with van der Waals surface area (Å²) in [7, 11) is 2.05. The molecule has 0 fully saturated rings. The molecule has 18 heavy (non-hydrogen) atoms. The van der Waals surface area contributed by atoms with E-state index in [1.165, 1.54) is 17.5 Å². The molecule has 0 aromatic heterocycles. The van der Waals surface area contributed by atoms with Gasteiger partial charge in [0.05, 0.1) is 0 Å². The first-order chi connectivity index (χ1) is 8.37. The van der Waals surface area contributed by atoms with Gasteiger partial charge in [-0.05, 0) is 42.3 Å². The number of rotatable bonds is 5. The van der Waals surface area contributed by atoms with Crippen molar-refractivity contribution in [3.05, 3.63) is 35.4 Å². The van der Waals surface area contributed by atoms with Gasteiger partial charge in [-0.25, -0.2) is 0 Å². The quantitative estimate of drug-likeness (QED) is 0.780. The molecule has 0 saturated carbocycles. The minimum absolute atomic E-state index is 0.350. The van der Waals surface area contributed by atoms with Crippen LogP contribution in [-0.4, -0.2) is 7.05 Å². The lowest BCUT2D eigenvalue weighted by atomic mass is 9.85. The summed E-state index contributed by atoms with van der Waals surface area (Å²) in [6.45, 7) is 11.4. The van der Waals surface area contributed by atoms with Crippen LogP contribution < -0.4 is 5.32 Å². The summed E-state index contributed by atoms with van der Waals surface area (Å²) in [5, 5.41) is 3.44. The average Bonchev–Trinajstić information content (AvgIpc) is 2.34. The van der Waals surface area contributed by atoms with Crippen LogP contribution in [-0.2, 0) is 0 Å². The molecule has 1 rings (SSSR count). The normalized spacial score (nSPS) is 15.4. The Balaban J connectivity index is 2.82. The maximum absolute atomic E-state index is 3.44. The van der Waals surface area contributed by atoms with E-state index in [0.29, 0.717) is 17.4 Å². The van der Waals surface area contributed by atoms with E-state index >= 15 is 0 Å². The predicted molar refractivity (Wildman–Crippen MR) is 81.0 cm³/mol. The number of hydrogen-bond donors (Lipinski definition) is 1. The molecule has 1 aromatic rings. The molecular formula is C17H29N. The third kappa shape index (κ3) is 4.45. The van der Waals surface area contributed by atoms with E-state index in [0.717, 1.165) is 6.42 Å². The highest BCUT2D eigenvalue weighted by Crippen LogP contribution is 2.30. The SMILES string of the molecule is CCC(C)c1ccc(C(CC(C)(C)C)NC)cc1. The molecule has 0 radical (unpaired) electrons. The van der Waals surface area contributed by atoms with Crippen LogP contribution in [0.2, 0.25) is 0 Å². The molecule has 1 aromatic carbocycles. The molecule has 0 aliphatic rings. The van der Waals surface area contributed by atoms with E-state index in [1.54, 1.807) is 0 Å². The van der Waals surface area contributed by atoms with Gasteiger partial charge in [-0.2, -0.15) is 0 Å². The van der Waals surface area contributed by atoms with Gasteiger partial charge in [0, 0.05) is 6.04 Å². The molecule has 2 unspecified atom stereocenters. The second kappa shape index (κ2) is 6.38.